The molecule has 0 unspecified atom stereocenters. The van der Waals surface area contributed by atoms with Crippen LogP contribution in [0.4, 0.5) is 0 Å². The van der Waals surface area contributed by atoms with Gasteiger partial charge in [0.05, 0.1) is 6.21 Å². The van der Waals surface area contributed by atoms with Crippen molar-refractivity contribution in [3.05, 3.63) is 53.9 Å². The number of hydrogen-bond acceptors (Lipinski definition) is 2. The molecule has 4 N–H and O–H groups in total. The Morgan fingerprint density at radius 2 is 1.76 bits per heavy atom. The standard InChI is InChI=1S/C16H21N5/c1-16(2,3)13-4-6-14(7-5-13)21-9-8-12(11-21)10-19-20-15(17)18/h4-11H,1-3H3,(H4,17,18,20)/b19-10+. The molecule has 5 nitrogen and oxygen atoms in total. The van der Waals surface area contributed by atoms with E-state index in [1.54, 1.807) is 6.21 Å². The molecule has 0 aliphatic carbocycles. The van der Waals surface area contributed by atoms with Gasteiger partial charge in [-0.15, -0.1) is 5.10 Å². The predicted octanol–water partition coefficient (Wildman–Crippen LogP) is 2.38. The van der Waals surface area contributed by atoms with E-state index in [1.165, 1.54) is 5.56 Å². The monoisotopic (exact) mass is 283 g/mol. The minimum Gasteiger partial charge on any atom is -0.369 e. The van der Waals surface area contributed by atoms with Gasteiger partial charge in [0.25, 0.3) is 0 Å². The highest BCUT2D eigenvalue weighted by Gasteiger charge is 2.12. The first-order chi connectivity index (χ1) is 9.86. The Labute approximate surface area is 125 Å². The lowest BCUT2D eigenvalue weighted by molar-refractivity contribution is 0.590. The van der Waals surface area contributed by atoms with Gasteiger partial charge in [0.1, 0.15) is 0 Å². The van der Waals surface area contributed by atoms with Crippen molar-refractivity contribution in [3.8, 4) is 5.69 Å². The maximum absolute atomic E-state index is 5.21. The van der Waals surface area contributed by atoms with Crippen LogP contribution in [0.2, 0.25) is 0 Å². The molecule has 0 amide bonds. The van der Waals surface area contributed by atoms with Crippen molar-refractivity contribution in [1.82, 2.24) is 4.57 Å². The highest BCUT2D eigenvalue weighted by Crippen LogP contribution is 2.23. The van der Waals surface area contributed by atoms with Gasteiger partial charge in [0.2, 0.25) is 5.96 Å². The van der Waals surface area contributed by atoms with E-state index >= 15 is 0 Å². The number of nitrogens with zero attached hydrogens (tertiary/aromatic N) is 3. The predicted molar refractivity (Wildman–Crippen MR) is 87.9 cm³/mol. The van der Waals surface area contributed by atoms with Crippen molar-refractivity contribution in [2.45, 2.75) is 26.2 Å². The molecule has 110 valence electrons. The summed E-state index contributed by atoms with van der Waals surface area (Å²) >= 11 is 0. The highest BCUT2D eigenvalue weighted by molar-refractivity contribution is 5.81. The summed E-state index contributed by atoms with van der Waals surface area (Å²) in [4.78, 5) is 0. The van der Waals surface area contributed by atoms with Crippen LogP contribution in [0.1, 0.15) is 31.9 Å². The third kappa shape index (κ3) is 3.95. The fourth-order valence-electron chi connectivity index (χ4n) is 1.95. The summed E-state index contributed by atoms with van der Waals surface area (Å²) < 4.78 is 2.03. The van der Waals surface area contributed by atoms with E-state index in [2.05, 4.69) is 55.2 Å². The molecule has 1 aromatic heterocycles. The average molecular weight is 283 g/mol. The molecule has 5 heteroatoms. The number of nitrogens with two attached hydrogens (primary N) is 2. The average Bonchev–Trinajstić information content (AvgIpc) is 2.86. The Kier molecular flexibility index (Phi) is 4.12. The molecule has 0 aliphatic heterocycles. The highest BCUT2D eigenvalue weighted by atomic mass is 15.3. The van der Waals surface area contributed by atoms with Crippen molar-refractivity contribution >= 4 is 12.2 Å². The third-order valence-corrected chi connectivity index (χ3v) is 3.13. The van der Waals surface area contributed by atoms with Crippen LogP contribution in [0.15, 0.2) is 52.9 Å². The molecule has 21 heavy (non-hydrogen) atoms. The smallest absolute Gasteiger partial charge is 0.211 e. The van der Waals surface area contributed by atoms with E-state index in [0.29, 0.717) is 0 Å². The van der Waals surface area contributed by atoms with Gasteiger partial charge in [0.15, 0.2) is 0 Å². The lowest BCUT2D eigenvalue weighted by atomic mass is 9.87. The Balaban J connectivity index is 2.18. The number of hydrogen-bond donors (Lipinski definition) is 2. The first kappa shape index (κ1) is 14.8. The van der Waals surface area contributed by atoms with Gasteiger partial charge >= 0.3 is 0 Å². The van der Waals surface area contributed by atoms with Crippen molar-refractivity contribution in [2.75, 3.05) is 0 Å². The topological polar surface area (TPSA) is 81.7 Å². The third-order valence-electron chi connectivity index (χ3n) is 3.13. The number of benzene rings is 1. The molecule has 1 aromatic carbocycles. The Hall–Kier alpha value is -2.56. The number of aromatic nitrogens is 1. The summed E-state index contributed by atoms with van der Waals surface area (Å²) in [6.45, 7) is 6.61. The van der Waals surface area contributed by atoms with Crippen molar-refractivity contribution in [2.24, 2.45) is 21.7 Å². The molecular formula is C16H21N5. The molecule has 0 fully saturated rings. The maximum atomic E-state index is 5.21. The van der Waals surface area contributed by atoms with E-state index in [0.717, 1.165) is 11.3 Å². The van der Waals surface area contributed by atoms with Crippen molar-refractivity contribution < 1.29 is 0 Å². The Bertz CT molecular complexity index is 653. The van der Waals surface area contributed by atoms with Crippen LogP contribution in [0, 0.1) is 0 Å². The summed E-state index contributed by atoms with van der Waals surface area (Å²) in [5.74, 6) is -0.0524. The van der Waals surface area contributed by atoms with Gasteiger partial charge in [-0.1, -0.05) is 32.9 Å². The summed E-state index contributed by atoms with van der Waals surface area (Å²) in [5, 5.41) is 7.37. The van der Waals surface area contributed by atoms with Gasteiger partial charge in [-0.2, -0.15) is 5.10 Å². The van der Waals surface area contributed by atoms with Crippen LogP contribution in [-0.2, 0) is 5.41 Å². The van der Waals surface area contributed by atoms with Crippen molar-refractivity contribution in [1.29, 1.82) is 0 Å². The summed E-state index contributed by atoms with van der Waals surface area (Å²) in [7, 11) is 0. The van der Waals surface area contributed by atoms with Crippen LogP contribution < -0.4 is 11.5 Å². The molecule has 2 rings (SSSR count). The molecule has 1 heterocycles. The fraction of sp³-hybridized carbons (Fsp3) is 0.250. The van der Waals surface area contributed by atoms with Crippen LogP contribution in [0.5, 0.6) is 0 Å². The SMILES string of the molecule is CC(C)(C)c1ccc(-n2ccc(/C=N/N=C(N)N)c2)cc1. The maximum Gasteiger partial charge on any atom is 0.211 e. The molecule has 2 aromatic rings. The summed E-state index contributed by atoms with van der Waals surface area (Å²) in [6, 6.07) is 10.5. The fourth-order valence-corrected chi connectivity index (χ4v) is 1.95. The molecule has 0 saturated heterocycles. The summed E-state index contributed by atoms with van der Waals surface area (Å²) in [6.07, 6.45) is 5.56. The number of guanidine groups is 1. The van der Waals surface area contributed by atoms with Crippen LogP contribution >= 0.6 is 0 Å². The second-order valence-electron chi connectivity index (χ2n) is 5.92. The van der Waals surface area contributed by atoms with E-state index in [-0.39, 0.29) is 11.4 Å². The van der Waals surface area contributed by atoms with Crippen LogP contribution in [-0.4, -0.2) is 16.7 Å². The second kappa shape index (κ2) is 5.83. The van der Waals surface area contributed by atoms with Gasteiger partial charge in [-0.3, -0.25) is 0 Å². The van der Waals surface area contributed by atoms with Gasteiger partial charge in [-0.05, 0) is 29.2 Å². The van der Waals surface area contributed by atoms with E-state index in [4.69, 9.17) is 11.5 Å². The quantitative estimate of drug-likeness (QED) is 0.515. The number of rotatable bonds is 3. The largest absolute Gasteiger partial charge is 0.369 e. The van der Waals surface area contributed by atoms with Gasteiger partial charge in [0, 0.05) is 23.6 Å². The van der Waals surface area contributed by atoms with E-state index in [9.17, 15) is 0 Å². The second-order valence-corrected chi connectivity index (χ2v) is 5.92. The Morgan fingerprint density at radius 3 is 2.33 bits per heavy atom. The first-order valence-electron chi connectivity index (χ1n) is 6.77. The summed E-state index contributed by atoms with van der Waals surface area (Å²) in [5.41, 5.74) is 13.9. The van der Waals surface area contributed by atoms with Gasteiger partial charge in [-0.25, -0.2) is 0 Å². The molecule has 0 spiro atoms. The minimum atomic E-state index is -0.0524. The van der Waals surface area contributed by atoms with E-state index < -0.39 is 0 Å². The Morgan fingerprint density at radius 1 is 1.10 bits per heavy atom. The molecule has 0 bridgehead atoms. The van der Waals surface area contributed by atoms with Gasteiger partial charge < -0.3 is 16.0 Å². The zero-order chi connectivity index (χ0) is 15.5. The van der Waals surface area contributed by atoms with Crippen molar-refractivity contribution in [3.63, 3.8) is 0 Å². The zero-order valence-corrected chi connectivity index (χ0v) is 12.6. The molecular weight excluding hydrogens is 262 g/mol. The molecule has 0 radical (unpaired) electrons. The first-order valence-corrected chi connectivity index (χ1v) is 6.77. The van der Waals surface area contributed by atoms with Crippen LogP contribution in [0.25, 0.3) is 5.69 Å². The van der Waals surface area contributed by atoms with E-state index in [1.807, 2.05) is 23.0 Å². The molecule has 0 aliphatic rings. The lowest BCUT2D eigenvalue weighted by Crippen LogP contribution is -2.21. The molecule has 0 atom stereocenters. The van der Waals surface area contributed by atoms with Crippen LogP contribution in [0.3, 0.4) is 0 Å². The lowest BCUT2D eigenvalue weighted by Gasteiger charge is -2.19. The normalized spacial score (nSPS) is 11.8. The minimum absolute atomic E-state index is 0.0524. The molecule has 0 saturated carbocycles. The zero-order valence-electron chi connectivity index (χ0n) is 12.6.